The van der Waals surface area contributed by atoms with Crippen LogP contribution < -0.4 is 11.1 Å². The molecule has 1 rings (SSSR count). The molecule has 0 radical (unpaired) electrons. The molecule has 0 fully saturated rings. The summed E-state index contributed by atoms with van der Waals surface area (Å²) in [5.41, 5.74) is 6.28. The first kappa shape index (κ1) is 14.6. The average Bonchev–Trinajstić information content (AvgIpc) is 2.32. The van der Waals surface area contributed by atoms with Crippen LogP contribution in [0.15, 0.2) is 22.7 Å². The van der Waals surface area contributed by atoms with E-state index in [9.17, 15) is 4.39 Å². The summed E-state index contributed by atoms with van der Waals surface area (Å²) in [6.07, 6.45) is 1.78. The summed E-state index contributed by atoms with van der Waals surface area (Å²) in [6, 6.07) is 5.05. The molecule has 0 aliphatic rings. The SMILES string of the molecule is CC(CN)CCNCCc1cc(Br)ccc1F. The lowest BCUT2D eigenvalue weighted by atomic mass is 10.1. The van der Waals surface area contributed by atoms with Crippen LogP contribution in [0.3, 0.4) is 0 Å². The summed E-state index contributed by atoms with van der Waals surface area (Å²) >= 11 is 3.35. The van der Waals surface area contributed by atoms with Gasteiger partial charge in [0.15, 0.2) is 0 Å². The van der Waals surface area contributed by atoms with Gasteiger partial charge in [-0.2, -0.15) is 0 Å². The van der Waals surface area contributed by atoms with Crippen molar-refractivity contribution >= 4 is 15.9 Å². The van der Waals surface area contributed by atoms with Crippen LogP contribution in [0, 0.1) is 11.7 Å². The molecule has 1 atom stereocenters. The molecule has 2 nitrogen and oxygen atoms in total. The minimum atomic E-state index is -0.134. The van der Waals surface area contributed by atoms with E-state index in [1.807, 2.05) is 6.07 Å². The van der Waals surface area contributed by atoms with Crippen molar-refractivity contribution in [2.75, 3.05) is 19.6 Å². The molecule has 1 aromatic rings. The van der Waals surface area contributed by atoms with Crippen LogP contribution in [0.2, 0.25) is 0 Å². The Labute approximate surface area is 111 Å². The molecular weight excluding hydrogens is 283 g/mol. The van der Waals surface area contributed by atoms with E-state index in [2.05, 4.69) is 28.2 Å². The van der Waals surface area contributed by atoms with Crippen molar-refractivity contribution in [2.24, 2.45) is 11.7 Å². The topological polar surface area (TPSA) is 38.0 Å². The molecule has 1 unspecified atom stereocenters. The Morgan fingerprint density at radius 2 is 2.18 bits per heavy atom. The summed E-state index contributed by atoms with van der Waals surface area (Å²) in [5, 5.41) is 3.31. The van der Waals surface area contributed by atoms with Crippen LogP contribution in [0.25, 0.3) is 0 Å². The number of hydrogen-bond acceptors (Lipinski definition) is 2. The normalized spacial score (nSPS) is 12.7. The lowest BCUT2D eigenvalue weighted by molar-refractivity contribution is 0.508. The predicted octanol–water partition coefficient (Wildman–Crippen LogP) is 2.71. The quantitative estimate of drug-likeness (QED) is 0.760. The van der Waals surface area contributed by atoms with Gasteiger partial charge in [0.2, 0.25) is 0 Å². The highest BCUT2D eigenvalue weighted by molar-refractivity contribution is 9.10. The second-order valence-corrected chi connectivity index (χ2v) is 5.28. The summed E-state index contributed by atoms with van der Waals surface area (Å²) in [5.74, 6) is 0.412. The van der Waals surface area contributed by atoms with Crippen molar-refractivity contribution in [3.63, 3.8) is 0 Å². The first-order valence-electron chi connectivity index (χ1n) is 5.98. The fourth-order valence-corrected chi connectivity index (χ4v) is 1.96. The Balaban J connectivity index is 2.24. The van der Waals surface area contributed by atoms with Gasteiger partial charge in [0.1, 0.15) is 5.82 Å². The molecule has 0 bridgehead atoms. The number of rotatable bonds is 7. The van der Waals surface area contributed by atoms with E-state index in [0.29, 0.717) is 12.3 Å². The van der Waals surface area contributed by atoms with Gasteiger partial charge in [-0.3, -0.25) is 0 Å². The van der Waals surface area contributed by atoms with Gasteiger partial charge in [0.05, 0.1) is 0 Å². The van der Waals surface area contributed by atoms with Crippen molar-refractivity contribution in [3.8, 4) is 0 Å². The maximum absolute atomic E-state index is 13.4. The highest BCUT2D eigenvalue weighted by Crippen LogP contribution is 2.15. The van der Waals surface area contributed by atoms with E-state index in [-0.39, 0.29) is 5.82 Å². The first-order chi connectivity index (χ1) is 8.13. The maximum Gasteiger partial charge on any atom is 0.126 e. The standard InChI is InChI=1S/C13H20BrFN2/c1-10(9-16)4-6-17-7-5-11-8-12(14)2-3-13(11)15/h2-3,8,10,17H,4-7,9,16H2,1H3. The van der Waals surface area contributed by atoms with Crippen LogP contribution in [-0.4, -0.2) is 19.6 Å². The van der Waals surface area contributed by atoms with Crippen LogP contribution >= 0.6 is 15.9 Å². The zero-order valence-corrected chi connectivity index (χ0v) is 11.8. The van der Waals surface area contributed by atoms with Gasteiger partial charge < -0.3 is 11.1 Å². The minimum absolute atomic E-state index is 0.134. The third-order valence-electron chi connectivity index (χ3n) is 2.80. The number of nitrogens with one attached hydrogen (secondary N) is 1. The Hall–Kier alpha value is -0.450. The lowest BCUT2D eigenvalue weighted by Crippen LogP contribution is -2.22. The van der Waals surface area contributed by atoms with Gasteiger partial charge in [-0.05, 0) is 62.2 Å². The highest BCUT2D eigenvalue weighted by atomic mass is 79.9. The molecule has 17 heavy (non-hydrogen) atoms. The molecular formula is C13H20BrFN2. The summed E-state index contributed by atoms with van der Waals surface area (Å²) in [4.78, 5) is 0. The van der Waals surface area contributed by atoms with E-state index >= 15 is 0 Å². The third-order valence-corrected chi connectivity index (χ3v) is 3.29. The summed E-state index contributed by atoms with van der Waals surface area (Å²) in [7, 11) is 0. The zero-order chi connectivity index (χ0) is 12.7. The molecule has 0 saturated carbocycles. The monoisotopic (exact) mass is 302 g/mol. The van der Waals surface area contributed by atoms with Crippen LogP contribution in [-0.2, 0) is 6.42 Å². The van der Waals surface area contributed by atoms with Gasteiger partial charge in [0, 0.05) is 4.47 Å². The lowest BCUT2D eigenvalue weighted by Gasteiger charge is -2.09. The van der Waals surface area contributed by atoms with E-state index in [4.69, 9.17) is 5.73 Å². The number of hydrogen-bond donors (Lipinski definition) is 2. The predicted molar refractivity (Wildman–Crippen MR) is 73.5 cm³/mol. The largest absolute Gasteiger partial charge is 0.330 e. The van der Waals surface area contributed by atoms with Crippen molar-refractivity contribution < 1.29 is 4.39 Å². The summed E-state index contributed by atoms with van der Waals surface area (Å²) < 4.78 is 14.3. The van der Waals surface area contributed by atoms with E-state index < -0.39 is 0 Å². The summed E-state index contributed by atoms with van der Waals surface area (Å²) in [6.45, 7) is 4.59. The van der Waals surface area contributed by atoms with Crippen molar-refractivity contribution in [2.45, 2.75) is 19.8 Å². The maximum atomic E-state index is 13.4. The molecule has 96 valence electrons. The minimum Gasteiger partial charge on any atom is -0.330 e. The van der Waals surface area contributed by atoms with Crippen molar-refractivity contribution in [1.82, 2.24) is 5.32 Å². The second kappa shape index (κ2) is 7.80. The Bertz CT molecular complexity index is 344. The van der Waals surface area contributed by atoms with E-state index in [1.165, 1.54) is 6.07 Å². The van der Waals surface area contributed by atoms with Gasteiger partial charge in [-0.15, -0.1) is 0 Å². The number of benzene rings is 1. The molecule has 0 aliphatic carbocycles. The van der Waals surface area contributed by atoms with Gasteiger partial charge in [-0.25, -0.2) is 4.39 Å². The third kappa shape index (κ3) is 5.61. The Kier molecular flexibility index (Phi) is 6.70. The molecule has 4 heteroatoms. The first-order valence-corrected chi connectivity index (χ1v) is 6.77. The molecule has 0 amide bonds. The molecule has 0 aromatic heterocycles. The molecule has 0 spiro atoms. The fourth-order valence-electron chi connectivity index (χ4n) is 1.55. The van der Waals surface area contributed by atoms with Gasteiger partial charge >= 0.3 is 0 Å². The van der Waals surface area contributed by atoms with Gasteiger partial charge in [0.25, 0.3) is 0 Å². The molecule has 3 N–H and O–H groups in total. The highest BCUT2D eigenvalue weighted by Gasteiger charge is 2.03. The molecule has 1 aromatic carbocycles. The Morgan fingerprint density at radius 3 is 2.88 bits per heavy atom. The van der Waals surface area contributed by atoms with E-state index in [0.717, 1.165) is 36.1 Å². The van der Waals surface area contributed by atoms with Crippen molar-refractivity contribution in [1.29, 1.82) is 0 Å². The molecule has 0 heterocycles. The Morgan fingerprint density at radius 1 is 1.41 bits per heavy atom. The fraction of sp³-hybridized carbons (Fsp3) is 0.538. The number of halogens is 2. The number of nitrogens with two attached hydrogens (primary N) is 1. The van der Waals surface area contributed by atoms with Crippen LogP contribution in [0.1, 0.15) is 18.9 Å². The van der Waals surface area contributed by atoms with Crippen LogP contribution in [0.5, 0.6) is 0 Å². The van der Waals surface area contributed by atoms with Crippen molar-refractivity contribution in [3.05, 3.63) is 34.1 Å². The van der Waals surface area contributed by atoms with E-state index in [1.54, 1.807) is 6.07 Å². The van der Waals surface area contributed by atoms with Gasteiger partial charge in [-0.1, -0.05) is 22.9 Å². The molecule has 0 saturated heterocycles. The zero-order valence-electron chi connectivity index (χ0n) is 10.2. The second-order valence-electron chi connectivity index (χ2n) is 4.37. The smallest absolute Gasteiger partial charge is 0.126 e. The molecule has 0 aliphatic heterocycles. The van der Waals surface area contributed by atoms with Crippen LogP contribution in [0.4, 0.5) is 4.39 Å². The average molecular weight is 303 g/mol.